The third kappa shape index (κ3) is 1.65. The van der Waals surface area contributed by atoms with Crippen molar-refractivity contribution in [2.24, 2.45) is 0 Å². The summed E-state index contributed by atoms with van der Waals surface area (Å²) >= 11 is 4.83. The molecule has 0 spiro atoms. The van der Waals surface area contributed by atoms with Gasteiger partial charge in [0.15, 0.2) is 5.69 Å². The number of aromatic nitrogens is 2. The topological polar surface area (TPSA) is 54.6 Å². The third-order valence-corrected chi connectivity index (χ3v) is 4.05. The quantitative estimate of drug-likeness (QED) is 0.734. The molecule has 0 atom stereocenters. The summed E-state index contributed by atoms with van der Waals surface area (Å²) in [5.41, 5.74) is 1.30. The molecule has 0 aromatic carbocycles. The minimum Gasteiger partial charge on any atom is -0.476 e. The van der Waals surface area contributed by atoms with Crippen LogP contribution < -0.4 is 0 Å². The Morgan fingerprint density at radius 2 is 2.17 bits per heavy atom. The Morgan fingerprint density at radius 3 is 2.83 bits per heavy atom. The van der Waals surface area contributed by atoms with Gasteiger partial charge >= 0.3 is 5.97 Å². The number of thiophene rings is 1. The number of hydrogen-bond acceptors (Lipinski definition) is 3. The van der Waals surface area contributed by atoms with Crippen molar-refractivity contribution in [1.82, 2.24) is 9.38 Å². The number of hydrogen-bond donors (Lipinski definition) is 1. The van der Waals surface area contributed by atoms with Crippen molar-refractivity contribution in [3.8, 4) is 10.6 Å². The van der Waals surface area contributed by atoms with Gasteiger partial charge in [-0.2, -0.15) is 0 Å². The Morgan fingerprint density at radius 1 is 1.33 bits per heavy atom. The van der Waals surface area contributed by atoms with E-state index in [9.17, 15) is 9.90 Å². The number of rotatable bonds is 2. The summed E-state index contributed by atoms with van der Waals surface area (Å²) in [6, 6.07) is 9.15. The molecule has 0 fully saturated rings. The number of fused-ring (bicyclic) bond motifs is 1. The van der Waals surface area contributed by atoms with E-state index in [4.69, 9.17) is 0 Å². The summed E-state index contributed by atoms with van der Waals surface area (Å²) in [7, 11) is 0. The fourth-order valence-electron chi connectivity index (χ4n) is 1.84. The van der Waals surface area contributed by atoms with Crippen LogP contribution in [0.15, 0.2) is 40.3 Å². The highest BCUT2D eigenvalue weighted by molar-refractivity contribution is 9.10. The minimum atomic E-state index is -0.988. The molecule has 3 rings (SSSR count). The van der Waals surface area contributed by atoms with Gasteiger partial charge in [-0.3, -0.25) is 4.40 Å². The zero-order valence-electron chi connectivity index (χ0n) is 9.00. The van der Waals surface area contributed by atoms with Crippen LogP contribution in [-0.4, -0.2) is 20.5 Å². The number of imidazole rings is 1. The first kappa shape index (κ1) is 11.4. The van der Waals surface area contributed by atoms with Crippen molar-refractivity contribution in [3.05, 3.63) is 46.0 Å². The van der Waals surface area contributed by atoms with Gasteiger partial charge in [0, 0.05) is 0 Å². The van der Waals surface area contributed by atoms with Crippen molar-refractivity contribution in [1.29, 1.82) is 0 Å². The monoisotopic (exact) mass is 322 g/mol. The van der Waals surface area contributed by atoms with Gasteiger partial charge in [-0.25, -0.2) is 9.78 Å². The van der Waals surface area contributed by atoms with Gasteiger partial charge in [-0.1, -0.05) is 12.1 Å². The molecule has 3 aromatic rings. The number of aromatic carboxylic acids is 1. The molecule has 0 amide bonds. The predicted molar refractivity (Wildman–Crippen MR) is 73.2 cm³/mol. The van der Waals surface area contributed by atoms with Gasteiger partial charge in [0.1, 0.15) is 11.3 Å². The Kier molecular flexibility index (Phi) is 2.68. The summed E-state index contributed by atoms with van der Waals surface area (Å²) in [5, 5.41) is 11.3. The molecule has 0 aliphatic heterocycles. The van der Waals surface area contributed by atoms with Crippen LogP contribution in [0.25, 0.3) is 16.2 Å². The number of carbonyl (C=O) groups is 1. The molecule has 6 heteroatoms. The SMILES string of the molecule is O=C(O)c1c(-c2cccs2)nc2cccc(Br)n12. The largest absolute Gasteiger partial charge is 0.476 e. The summed E-state index contributed by atoms with van der Waals surface area (Å²) in [5.74, 6) is -0.988. The molecule has 18 heavy (non-hydrogen) atoms. The number of halogens is 1. The van der Waals surface area contributed by atoms with Crippen LogP contribution in [-0.2, 0) is 0 Å². The second-order valence-corrected chi connectivity index (χ2v) is 5.39. The van der Waals surface area contributed by atoms with Crippen LogP contribution >= 0.6 is 27.3 Å². The highest BCUT2D eigenvalue weighted by Gasteiger charge is 2.21. The molecule has 0 aliphatic rings. The van der Waals surface area contributed by atoms with Gasteiger partial charge in [0.05, 0.1) is 9.48 Å². The van der Waals surface area contributed by atoms with Gasteiger partial charge in [-0.05, 0) is 39.5 Å². The molecule has 4 nitrogen and oxygen atoms in total. The Labute approximate surface area is 115 Å². The zero-order valence-corrected chi connectivity index (χ0v) is 11.4. The summed E-state index contributed by atoms with van der Waals surface area (Å²) in [4.78, 5) is 16.7. The molecular weight excluding hydrogens is 316 g/mol. The predicted octanol–water partition coefficient (Wildman–Crippen LogP) is 3.52. The van der Waals surface area contributed by atoms with E-state index >= 15 is 0 Å². The van der Waals surface area contributed by atoms with Crippen LogP contribution in [0.3, 0.4) is 0 Å². The molecule has 0 aliphatic carbocycles. The van der Waals surface area contributed by atoms with E-state index in [1.54, 1.807) is 16.5 Å². The van der Waals surface area contributed by atoms with Crippen molar-refractivity contribution < 1.29 is 9.90 Å². The molecular formula is C12H7BrN2O2S. The molecule has 3 heterocycles. The maximum absolute atomic E-state index is 11.5. The maximum Gasteiger partial charge on any atom is 0.355 e. The second kappa shape index (κ2) is 4.22. The van der Waals surface area contributed by atoms with E-state index in [1.165, 1.54) is 11.3 Å². The van der Waals surface area contributed by atoms with E-state index in [1.807, 2.05) is 23.6 Å². The molecule has 3 aromatic heterocycles. The number of carboxylic acids is 1. The molecule has 0 radical (unpaired) electrons. The van der Waals surface area contributed by atoms with Gasteiger partial charge in [0.2, 0.25) is 0 Å². The second-order valence-electron chi connectivity index (χ2n) is 3.63. The van der Waals surface area contributed by atoms with Gasteiger partial charge < -0.3 is 5.11 Å². The molecule has 0 saturated carbocycles. The first-order valence-electron chi connectivity index (χ1n) is 5.12. The highest BCUT2D eigenvalue weighted by atomic mass is 79.9. The number of carboxylic acid groups (broad SMARTS) is 1. The smallest absolute Gasteiger partial charge is 0.355 e. The first-order chi connectivity index (χ1) is 8.68. The molecule has 0 bridgehead atoms. The molecule has 0 saturated heterocycles. The number of pyridine rings is 1. The van der Waals surface area contributed by atoms with Crippen LogP contribution in [0.4, 0.5) is 0 Å². The standard InChI is InChI=1S/C12H7BrN2O2S/c13-8-4-1-5-9-14-10(7-3-2-6-18-7)11(12(16)17)15(8)9/h1-6H,(H,16,17). The summed E-state index contributed by atoms with van der Waals surface area (Å²) < 4.78 is 2.27. The van der Waals surface area contributed by atoms with Crippen molar-refractivity contribution in [2.45, 2.75) is 0 Å². The summed E-state index contributed by atoms with van der Waals surface area (Å²) in [6.45, 7) is 0. The minimum absolute atomic E-state index is 0.180. The lowest BCUT2D eigenvalue weighted by Crippen LogP contribution is -2.04. The van der Waals surface area contributed by atoms with Crippen LogP contribution in [0.2, 0.25) is 0 Å². The highest BCUT2D eigenvalue weighted by Crippen LogP contribution is 2.30. The fourth-order valence-corrected chi connectivity index (χ4v) is 3.06. The van der Waals surface area contributed by atoms with Crippen molar-refractivity contribution in [2.75, 3.05) is 0 Å². The number of nitrogens with zero attached hydrogens (tertiary/aromatic N) is 2. The van der Waals surface area contributed by atoms with Crippen LogP contribution in [0.1, 0.15) is 10.5 Å². The van der Waals surface area contributed by atoms with E-state index in [0.29, 0.717) is 15.9 Å². The maximum atomic E-state index is 11.5. The fraction of sp³-hybridized carbons (Fsp3) is 0. The lowest BCUT2D eigenvalue weighted by Gasteiger charge is -2.00. The molecule has 90 valence electrons. The van der Waals surface area contributed by atoms with E-state index in [-0.39, 0.29) is 5.69 Å². The van der Waals surface area contributed by atoms with Crippen LogP contribution in [0.5, 0.6) is 0 Å². The Balaban J connectivity index is 2.43. The van der Waals surface area contributed by atoms with E-state index in [0.717, 1.165) is 4.88 Å². The Hall–Kier alpha value is -1.66. The third-order valence-electron chi connectivity index (χ3n) is 2.55. The lowest BCUT2D eigenvalue weighted by atomic mass is 10.3. The van der Waals surface area contributed by atoms with E-state index < -0.39 is 5.97 Å². The molecule has 0 unspecified atom stereocenters. The van der Waals surface area contributed by atoms with Gasteiger partial charge in [0.25, 0.3) is 0 Å². The average molecular weight is 323 g/mol. The zero-order chi connectivity index (χ0) is 12.7. The summed E-state index contributed by atoms with van der Waals surface area (Å²) in [6.07, 6.45) is 0. The average Bonchev–Trinajstić information content (AvgIpc) is 2.95. The first-order valence-corrected chi connectivity index (χ1v) is 6.80. The lowest BCUT2D eigenvalue weighted by molar-refractivity contribution is 0.0690. The molecule has 1 N–H and O–H groups in total. The van der Waals surface area contributed by atoms with Crippen LogP contribution in [0, 0.1) is 0 Å². The Bertz CT molecular complexity index is 734. The van der Waals surface area contributed by atoms with Crippen molar-refractivity contribution >= 4 is 38.9 Å². The van der Waals surface area contributed by atoms with Gasteiger partial charge in [-0.15, -0.1) is 11.3 Å². The van der Waals surface area contributed by atoms with E-state index in [2.05, 4.69) is 20.9 Å². The van der Waals surface area contributed by atoms with Crippen molar-refractivity contribution in [3.63, 3.8) is 0 Å². The normalized spacial score (nSPS) is 10.9.